The van der Waals surface area contributed by atoms with Gasteiger partial charge in [-0.25, -0.2) is 0 Å². The molecule has 0 atom stereocenters. The average Bonchev–Trinajstić information content (AvgIpc) is 2.80. The lowest BCUT2D eigenvalue weighted by atomic mass is 10.1. The molecule has 0 saturated heterocycles. The molecule has 0 aromatic heterocycles. The number of hydrogen-bond acceptors (Lipinski definition) is 3. The summed E-state index contributed by atoms with van der Waals surface area (Å²) in [5.41, 5.74) is 0. The number of unbranched alkanes of at least 4 members (excludes halogenated alkanes) is 11. The van der Waals surface area contributed by atoms with Gasteiger partial charge in [0.05, 0.1) is 27.2 Å². The van der Waals surface area contributed by atoms with Crippen molar-refractivity contribution in [3.05, 3.63) is 0 Å². The molecular formula is C28H62NO3Si+. The third-order valence-corrected chi connectivity index (χ3v) is 9.34. The maximum Gasteiger partial charge on any atom is 0.501 e. The van der Waals surface area contributed by atoms with E-state index in [1.807, 2.05) is 0 Å². The average molecular weight is 489 g/mol. The van der Waals surface area contributed by atoms with Gasteiger partial charge < -0.3 is 17.8 Å². The van der Waals surface area contributed by atoms with Crippen molar-refractivity contribution in [3.63, 3.8) is 0 Å². The molecule has 0 spiro atoms. The van der Waals surface area contributed by atoms with E-state index in [1.165, 1.54) is 90.1 Å². The lowest BCUT2D eigenvalue weighted by Crippen LogP contribution is -2.48. The number of hydrogen-bond donors (Lipinski definition) is 0. The van der Waals surface area contributed by atoms with Gasteiger partial charge in [-0.15, -0.1) is 0 Å². The first kappa shape index (κ1) is 33.1. The summed E-state index contributed by atoms with van der Waals surface area (Å²) < 4.78 is 19.9. The summed E-state index contributed by atoms with van der Waals surface area (Å²) in [6.45, 7) is 13.5. The highest BCUT2D eigenvalue weighted by Crippen LogP contribution is 2.21. The molecule has 0 heterocycles. The molecular weight excluding hydrogens is 426 g/mol. The minimum atomic E-state index is -2.54. The Morgan fingerprint density at radius 1 is 0.455 bits per heavy atom. The van der Waals surface area contributed by atoms with Crippen LogP contribution in [0.1, 0.15) is 130 Å². The summed E-state index contributed by atoms with van der Waals surface area (Å²) in [6, 6.07) is 0.952. The van der Waals surface area contributed by atoms with Crippen molar-refractivity contribution in [2.45, 2.75) is 136 Å². The number of rotatable bonds is 26. The Morgan fingerprint density at radius 2 is 0.818 bits per heavy atom. The lowest BCUT2D eigenvalue weighted by molar-refractivity contribution is -0.890. The van der Waals surface area contributed by atoms with Crippen molar-refractivity contribution in [1.82, 2.24) is 0 Å². The van der Waals surface area contributed by atoms with E-state index in [-0.39, 0.29) is 0 Å². The Kier molecular flexibility index (Phi) is 22.6. The minimum Gasteiger partial charge on any atom is -0.373 e. The Labute approximate surface area is 210 Å². The van der Waals surface area contributed by atoms with E-state index in [0.29, 0.717) is 0 Å². The third kappa shape index (κ3) is 20.0. The van der Waals surface area contributed by atoms with Gasteiger partial charge in [0.2, 0.25) is 0 Å². The molecule has 0 aliphatic heterocycles. The van der Waals surface area contributed by atoms with E-state index in [1.54, 1.807) is 0 Å². The van der Waals surface area contributed by atoms with Crippen LogP contribution in [-0.4, -0.2) is 60.3 Å². The van der Waals surface area contributed by atoms with Gasteiger partial charge in [0.15, 0.2) is 0 Å². The van der Waals surface area contributed by atoms with Crippen molar-refractivity contribution in [1.29, 1.82) is 0 Å². The van der Waals surface area contributed by atoms with E-state index in [4.69, 9.17) is 13.3 Å². The molecule has 0 bridgehead atoms. The molecule has 4 nitrogen and oxygen atoms in total. The molecule has 0 radical (unpaired) electrons. The molecule has 0 N–H and O–H groups in total. The van der Waals surface area contributed by atoms with Crippen LogP contribution in [0.3, 0.4) is 0 Å². The van der Waals surface area contributed by atoms with Gasteiger partial charge in [0.1, 0.15) is 0 Å². The Hall–Kier alpha value is 0.0569. The summed E-state index contributed by atoms with van der Waals surface area (Å²) >= 11 is 0. The van der Waals surface area contributed by atoms with Gasteiger partial charge in [-0.2, -0.15) is 0 Å². The smallest absolute Gasteiger partial charge is 0.373 e. The zero-order valence-corrected chi connectivity index (χ0v) is 24.7. The SMILES string of the molecule is CCCCCCCCCCCCCC[N+](C)(C)CCC[Si](OCCC)(OCCC)OCCC. The van der Waals surface area contributed by atoms with E-state index < -0.39 is 8.80 Å². The minimum absolute atomic E-state index is 0.747. The van der Waals surface area contributed by atoms with Gasteiger partial charge in [-0.3, -0.25) is 0 Å². The summed E-state index contributed by atoms with van der Waals surface area (Å²) in [5.74, 6) is 0. The first-order chi connectivity index (χ1) is 15.9. The number of nitrogens with zero attached hydrogens (tertiary/aromatic N) is 1. The van der Waals surface area contributed by atoms with Crippen LogP contribution in [0.5, 0.6) is 0 Å². The molecule has 0 aliphatic rings. The summed E-state index contributed by atoms with van der Waals surface area (Å²) in [7, 11) is 2.23. The second kappa shape index (κ2) is 22.5. The molecule has 33 heavy (non-hydrogen) atoms. The van der Waals surface area contributed by atoms with Gasteiger partial charge in [0.25, 0.3) is 0 Å². The van der Waals surface area contributed by atoms with Crippen LogP contribution >= 0.6 is 0 Å². The second-order valence-corrected chi connectivity index (χ2v) is 13.3. The zero-order chi connectivity index (χ0) is 24.7. The fourth-order valence-electron chi connectivity index (χ4n) is 4.33. The first-order valence-electron chi connectivity index (χ1n) is 14.7. The van der Waals surface area contributed by atoms with Gasteiger partial charge in [0, 0.05) is 32.3 Å². The van der Waals surface area contributed by atoms with Crippen LogP contribution in [0.2, 0.25) is 6.04 Å². The summed E-state index contributed by atoms with van der Waals surface area (Å²) in [6.07, 6.45) is 21.2. The molecule has 0 aromatic rings. The second-order valence-electron chi connectivity index (χ2n) is 10.6. The molecule has 5 heteroatoms. The monoisotopic (exact) mass is 488 g/mol. The van der Waals surface area contributed by atoms with Crippen LogP contribution in [0.4, 0.5) is 0 Å². The predicted molar refractivity (Wildman–Crippen MR) is 147 cm³/mol. The normalized spacial score (nSPS) is 12.5. The van der Waals surface area contributed by atoms with Gasteiger partial charge >= 0.3 is 8.80 Å². The summed E-state index contributed by atoms with van der Waals surface area (Å²) in [5, 5.41) is 0. The molecule has 200 valence electrons. The van der Waals surface area contributed by atoms with Crippen molar-refractivity contribution in [2.24, 2.45) is 0 Å². The van der Waals surface area contributed by atoms with E-state index in [0.717, 1.165) is 56.0 Å². The Morgan fingerprint density at radius 3 is 1.21 bits per heavy atom. The van der Waals surface area contributed by atoms with Gasteiger partial charge in [-0.1, -0.05) is 91.9 Å². The van der Waals surface area contributed by atoms with Crippen LogP contribution in [0.15, 0.2) is 0 Å². The highest BCUT2D eigenvalue weighted by Gasteiger charge is 2.41. The predicted octanol–water partition coefficient (Wildman–Crippen LogP) is 8.37. The van der Waals surface area contributed by atoms with Crippen LogP contribution in [-0.2, 0) is 13.3 Å². The quantitative estimate of drug-likeness (QED) is 0.0695. The molecule has 0 aromatic carbocycles. The van der Waals surface area contributed by atoms with Gasteiger partial charge in [-0.05, 0) is 32.1 Å². The van der Waals surface area contributed by atoms with E-state index >= 15 is 0 Å². The van der Waals surface area contributed by atoms with Crippen molar-refractivity contribution >= 4 is 8.80 Å². The molecule has 0 amide bonds. The largest absolute Gasteiger partial charge is 0.501 e. The Balaban J connectivity index is 4.07. The maximum absolute atomic E-state index is 6.26. The van der Waals surface area contributed by atoms with Crippen LogP contribution < -0.4 is 0 Å². The summed E-state index contributed by atoms with van der Waals surface area (Å²) in [4.78, 5) is 0. The van der Waals surface area contributed by atoms with Crippen molar-refractivity contribution in [2.75, 3.05) is 47.0 Å². The fraction of sp³-hybridized carbons (Fsp3) is 1.00. The molecule has 0 aliphatic carbocycles. The number of quaternary nitrogens is 1. The molecule has 0 rings (SSSR count). The van der Waals surface area contributed by atoms with Crippen molar-refractivity contribution in [3.8, 4) is 0 Å². The van der Waals surface area contributed by atoms with Crippen LogP contribution in [0, 0.1) is 0 Å². The zero-order valence-electron chi connectivity index (χ0n) is 23.7. The Bertz CT molecular complexity index is 385. The highest BCUT2D eigenvalue weighted by atomic mass is 28.4. The van der Waals surface area contributed by atoms with E-state index in [9.17, 15) is 0 Å². The maximum atomic E-state index is 6.26. The van der Waals surface area contributed by atoms with E-state index in [2.05, 4.69) is 41.8 Å². The topological polar surface area (TPSA) is 27.7 Å². The fourth-order valence-corrected chi connectivity index (χ4v) is 7.15. The standard InChI is InChI=1S/C28H62NO3Si/c1-7-11-12-13-14-15-16-17-18-19-20-21-23-29(5,6)24-22-28-33(30-25-8-2,31-26-9-3)32-27-10-4/h7-28H2,1-6H3/q+1. The molecule has 0 unspecified atom stereocenters. The molecule has 0 fully saturated rings. The lowest BCUT2D eigenvalue weighted by Gasteiger charge is -2.33. The first-order valence-corrected chi connectivity index (χ1v) is 16.6. The van der Waals surface area contributed by atoms with Crippen molar-refractivity contribution < 1.29 is 17.8 Å². The highest BCUT2D eigenvalue weighted by molar-refractivity contribution is 6.60. The van der Waals surface area contributed by atoms with Crippen LogP contribution in [0.25, 0.3) is 0 Å². The third-order valence-electron chi connectivity index (χ3n) is 6.44. The molecule has 0 saturated carbocycles.